The molecule has 2 atom stereocenters. The van der Waals surface area contributed by atoms with Crippen LogP contribution >= 0.6 is 15.9 Å². The van der Waals surface area contributed by atoms with Crippen molar-refractivity contribution < 1.29 is 17.6 Å². The largest absolute Gasteiger partial charge is 0.309 e. The van der Waals surface area contributed by atoms with Crippen LogP contribution in [-0.2, 0) is 21.2 Å². The lowest BCUT2D eigenvalue weighted by Gasteiger charge is -2.26. The summed E-state index contributed by atoms with van der Waals surface area (Å²) in [6.07, 6.45) is 1.72. The predicted molar refractivity (Wildman–Crippen MR) is 107 cm³/mol. The number of hydrogen-bond acceptors (Lipinski definition) is 3. The summed E-state index contributed by atoms with van der Waals surface area (Å²) in [7, 11) is -3.55. The van der Waals surface area contributed by atoms with E-state index < -0.39 is 21.9 Å². The molecule has 8 heteroatoms. The van der Waals surface area contributed by atoms with Crippen LogP contribution < -0.4 is 9.62 Å². The molecule has 1 aliphatic rings. The van der Waals surface area contributed by atoms with Gasteiger partial charge >= 0.3 is 0 Å². The number of halogens is 2. The zero-order valence-electron chi connectivity index (χ0n) is 14.9. The molecule has 1 aliphatic heterocycles. The second-order valence-electron chi connectivity index (χ2n) is 6.79. The summed E-state index contributed by atoms with van der Waals surface area (Å²) < 4.78 is 40.2. The average molecular weight is 455 g/mol. The van der Waals surface area contributed by atoms with Crippen LogP contribution in [0.5, 0.6) is 0 Å². The Balaban J connectivity index is 1.87. The van der Waals surface area contributed by atoms with Crippen molar-refractivity contribution in [3.63, 3.8) is 0 Å². The molecule has 27 heavy (non-hydrogen) atoms. The van der Waals surface area contributed by atoms with E-state index in [4.69, 9.17) is 0 Å². The lowest BCUT2D eigenvalue weighted by molar-refractivity contribution is -0.119. The number of nitrogens with one attached hydrogen (secondary N) is 1. The van der Waals surface area contributed by atoms with Gasteiger partial charge in [0.25, 0.3) is 0 Å². The van der Waals surface area contributed by atoms with Crippen molar-refractivity contribution in [1.82, 2.24) is 4.72 Å². The highest BCUT2D eigenvalue weighted by atomic mass is 79.9. The highest BCUT2D eigenvalue weighted by molar-refractivity contribution is 9.10. The topological polar surface area (TPSA) is 66.5 Å². The first-order chi connectivity index (χ1) is 12.6. The fourth-order valence-corrected chi connectivity index (χ4v) is 4.58. The summed E-state index contributed by atoms with van der Waals surface area (Å²) in [4.78, 5) is 14.8. The van der Waals surface area contributed by atoms with E-state index in [1.807, 2.05) is 25.1 Å². The minimum atomic E-state index is -3.55. The van der Waals surface area contributed by atoms with E-state index in [2.05, 4.69) is 20.7 Å². The molecule has 3 rings (SSSR count). The zero-order valence-corrected chi connectivity index (χ0v) is 17.3. The van der Waals surface area contributed by atoms with Gasteiger partial charge in [-0.1, -0.05) is 28.1 Å². The molecule has 144 valence electrons. The molecule has 2 aromatic carbocycles. The third kappa shape index (κ3) is 4.75. The summed E-state index contributed by atoms with van der Waals surface area (Å²) in [5, 5.41) is 0. The maximum absolute atomic E-state index is 13.2. The molecule has 0 radical (unpaired) electrons. The number of rotatable bonds is 5. The van der Waals surface area contributed by atoms with Gasteiger partial charge in [-0.2, -0.15) is 0 Å². The average Bonchev–Trinajstić information content (AvgIpc) is 2.88. The minimum absolute atomic E-state index is 0.0195. The highest BCUT2D eigenvalue weighted by Crippen LogP contribution is 2.35. The smallest absolute Gasteiger partial charge is 0.229 e. The van der Waals surface area contributed by atoms with Gasteiger partial charge < -0.3 is 4.90 Å². The number of sulfonamides is 1. The van der Waals surface area contributed by atoms with E-state index in [1.165, 1.54) is 24.3 Å². The van der Waals surface area contributed by atoms with Gasteiger partial charge in [0.15, 0.2) is 0 Å². The molecular formula is C19H20BrFN2O3S. The number of carbonyl (C=O) groups is 1. The summed E-state index contributed by atoms with van der Waals surface area (Å²) >= 11 is 3.44. The molecule has 0 unspecified atom stereocenters. The summed E-state index contributed by atoms with van der Waals surface area (Å²) in [6.45, 7) is 1.96. The molecular weight excluding hydrogens is 435 g/mol. The fraction of sp³-hybridized carbons (Fsp3) is 0.316. The molecule has 0 fully saturated rings. The maximum Gasteiger partial charge on any atom is 0.229 e. The molecule has 1 amide bonds. The van der Waals surface area contributed by atoms with Crippen LogP contribution in [0.4, 0.5) is 10.1 Å². The Hall–Kier alpha value is -1.77. The van der Waals surface area contributed by atoms with Gasteiger partial charge in [0.1, 0.15) is 5.82 Å². The van der Waals surface area contributed by atoms with Gasteiger partial charge in [-0.3, -0.25) is 4.79 Å². The summed E-state index contributed by atoms with van der Waals surface area (Å²) in [5.41, 5.74) is 2.45. The van der Waals surface area contributed by atoms with E-state index in [0.717, 1.165) is 28.4 Å². The van der Waals surface area contributed by atoms with Gasteiger partial charge in [0.2, 0.25) is 15.9 Å². The quantitative estimate of drug-likeness (QED) is 0.750. The normalized spacial score (nSPS) is 17.6. The first-order valence-corrected chi connectivity index (χ1v) is 11.2. The Labute approximate surface area is 166 Å². The van der Waals surface area contributed by atoms with Gasteiger partial charge in [-0.25, -0.2) is 17.5 Å². The second-order valence-corrected chi connectivity index (χ2v) is 9.48. The Morgan fingerprint density at radius 3 is 2.59 bits per heavy atom. The molecule has 2 aromatic rings. The first kappa shape index (κ1) is 20.0. The van der Waals surface area contributed by atoms with E-state index in [-0.39, 0.29) is 18.4 Å². The molecule has 0 bridgehead atoms. The third-order valence-corrected chi connectivity index (χ3v) is 5.74. The van der Waals surface area contributed by atoms with E-state index in [9.17, 15) is 17.6 Å². The number of nitrogens with zero attached hydrogens (tertiary/aromatic N) is 1. The maximum atomic E-state index is 13.2. The fourth-order valence-electron chi connectivity index (χ4n) is 3.43. The second kappa shape index (κ2) is 7.69. The standard InChI is InChI=1S/C19H20BrFN2O3S/c1-12-9-14-10-15(20)5-8-18(14)23(12)19(24)11-17(22-27(2,25)26)13-3-6-16(21)7-4-13/h3-8,10,12,17,22H,9,11H2,1-2H3/t12-,17-/m1/s1. The van der Waals surface area contributed by atoms with Crippen molar-refractivity contribution in [2.75, 3.05) is 11.2 Å². The molecule has 0 spiro atoms. The third-order valence-electron chi connectivity index (χ3n) is 4.53. The monoisotopic (exact) mass is 454 g/mol. The highest BCUT2D eigenvalue weighted by Gasteiger charge is 2.32. The lowest BCUT2D eigenvalue weighted by Crippen LogP contribution is -2.39. The SMILES string of the molecule is C[C@@H]1Cc2cc(Br)ccc2N1C(=O)C[C@@H](NS(C)(=O)=O)c1ccc(F)cc1. The van der Waals surface area contributed by atoms with Crippen molar-refractivity contribution >= 4 is 37.5 Å². The van der Waals surface area contributed by atoms with Crippen molar-refractivity contribution in [3.05, 3.63) is 63.9 Å². The van der Waals surface area contributed by atoms with Crippen LogP contribution in [-0.4, -0.2) is 26.6 Å². The lowest BCUT2D eigenvalue weighted by atomic mass is 10.0. The Kier molecular flexibility index (Phi) is 5.69. The number of carbonyl (C=O) groups excluding carboxylic acids is 1. The number of fused-ring (bicyclic) bond motifs is 1. The van der Waals surface area contributed by atoms with Gasteiger partial charge in [-0.05, 0) is 54.8 Å². The van der Waals surface area contributed by atoms with Crippen LogP contribution in [0.3, 0.4) is 0 Å². The number of hydrogen-bond donors (Lipinski definition) is 1. The van der Waals surface area contributed by atoms with Crippen LogP contribution in [0.15, 0.2) is 46.9 Å². The summed E-state index contributed by atoms with van der Waals surface area (Å²) in [5.74, 6) is -0.607. The Morgan fingerprint density at radius 2 is 1.96 bits per heavy atom. The van der Waals surface area contributed by atoms with Gasteiger partial charge in [0, 0.05) is 22.6 Å². The molecule has 0 saturated heterocycles. The van der Waals surface area contributed by atoms with Crippen LogP contribution in [0.1, 0.15) is 30.5 Å². The van der Waals surface area contributed by atoms with Gasteiger partial charge in [0.05, 0.1) is 12.3 Å². The Morgan fingerprint density at radius 1 is 1.30 bits per heavy atom. The predicted octanol–water partition coefficient (Wildman–Crippen LogP) is 3.55. The number of benzene rings is 2. The zero-order chi connectivity index (χ0) is 19.8. The van der Waals surface area contributed by atoms with Crippen LogP contribution in [0, 0.1) is 5.82 Å². The van der Waals surface area contributed by atoms with Crippen molar-refractivity contribution in [3.8, 4) is 0 Å². The van der Waals surface area contributed by atoms with Crippen molar-refractivity contribution in [2.24, 2.45) is 0 Å². The molecule has 1 heterocycles. The summed E-state index contributed by atoms with van der Waals surface area (Å²) in [6, 6.07) is 10.5. The van der Waals surface area contributed by atoms with Crippen molar-refractivity contribution in [2.45, 2.75) is 31.8 Å². The number of amides is 1. The molecule has 0 saturated carbocycles. The first-order valence-electron chi connectivity index (χ1n) is 8.47. The van der Waals surface area contributed by atoms with E-state index >= 15 is 0 Å². The molecule has 0 aliphatic carbocycles. The number of anilines is 1. The van der Waals surface area contributed by atoms with E-state index in [1.54, 1.807) is 4.90 Å². The molecule has 5 nitrogen and oxygen atoms in total. The van der Waals surface area contributed by atoms with Crippen LogP contribution in [0.2, 0.25) is 0 Å². The Bertz CT molecular complexity index is 963. The van der Waals surface area contributed by atoms with Crippen LogP contribution in [0.25, 0.3) is 0 Å². The molecule has 0 aromatic heterocycles. The minimum Gasteiger partial charge on any atom is -0.309 e. The molecule has 1 N–H and O–H groups in total. The van der Waals surface area contributed by atoms with E-state index in [0.29, 0.717) is 5.56 Å². The van der Waals surface area contributed by atoms with Crippen molar-refractivity contribution in [1.29, 1.82) is 0 Å². The van der Waals surface area contributed by atoms with Gasteiger partial charge in [-0.15, -0.1) is 0 Å².